The van der Waals surface area contributed by atoms with Gasteiger partial charge >= 0.3 is 0 Å². The average Bonchev–Trinajstić information content (AvgIpc) is 2.63. The van der Waals surface area contributed by atoms with Crippen LogP contribution < -0.4 is 11.3 Å². The van der Waals surface area contributed by atoms with Gasteiger partial charge in [0, 0.05) is 35.3 Å². The monoisotopic (exact) mass is 349 g/mol. The maximum Gasteiger partial charge on any atom is 0.258 e. The van der Waals surface area contributed by atoms with Gasteiger partial charge in [-0.15, -0.1) is 0 Å². The standard InChI is InChI=1S/C21H20FN3O/c1-13(2)12-25-19(11-24)20(16-5-3-4-6-18(16)22)17-9-14(10-23)7-8-15(17)21(25)26/h3-9,13H,11-12,24H2,1-2H3. The van der Waals surface area contributed by atoms with Crippen molar-refractivity contribution in [1.29, 1.82) is 5.26 Å². The number of fused-ring (bicyclic) bond motifs is 1. The lowest BCUT2D eigenvalue weighted by atomic mass is 9.94. The molecule has 4 nitrogen and oxygen atoms in total. The van der Waals surface area contributed by atoms with Crippen LogP contribution in [0, 0.1) is 23.1 Å². The molecule has 3 aromatic rings. The molecule has 0 aliphatic rings. The topological polar surface area (TPSA) is 71.8 Å². The Kier molecular flexibility index (Phi) is 4.88. The summed E-state index contributed by atoms with van der Waals surface area (Å²) < 4.78 is 16.2. The first-order chi connectivity index (χ1) is 12.5. The van der Waals surface area contributed by atoms with Gasteiger partial charge in [-0.25, -0.2) is 4.39 Å². The second-order valence-electron chi connectivity index (χ2n) is 6.69. The average molecular weight is 349 g/mol. The summed E-state index contributed by atoms with van der Waals surface area (Å²) in [4.78, 5) is 13.0. The van der Waals surface area contributed by atoms with Gasteiger partial charge in [0.1, 0.15) is 5.82 Å². The second kappa shape index (κ2) is 7.11. The fourth-order valence-electron chi connectivity index (χ4n) is 3.30. The zero-order valence-electron chi connectivity index (χ0n) is 14.8. The molecule has 0 unspecified atom stereocenters. The third-order valence-corrected chi connectivity index (χ3v) is 4.39. The molecule has 2 N–H and O–H groups in total. The van der Waals surface area contributed by atoms with Crippen LogP contribution in [0.5, 0.6) is 0 Å². The fourth-order valence-corrected chi connectivity index (χ4v) is 3.30. The number of nitrogens with zero attached hydrogens (tertiary/aromatic N) is 2. The Morgan fingerprint density at radius 1 is 1.19 bits per heavy atom. The Balaban J connectivity index is 2.53. The molecule has 1 heterocycles. The van der Waals surface area contributed by atoms with Crippen LogP contribution in [-0.2, 0) is 13.1 Å². The smallest absolute Gasteiger partial charge is 0.258 e. The summed E-state index contributed by atoms with van der Waals surface area (Å²) in [6.07, 6.45) is 0. The first-order valence-electron chi connectivity index (χ1n) is 8.52. The number of pyridine rings is 1. The Bertz CT molecular complexity index is 1080. The molecular weight excluding hydrogens is 329 g/mol. The quantitative estimate of drug-likeness (QED) is 0.779. The van der Waals surface area contributed by atoms with Gasteiger partial charge in [-0.05, 0) is 35.6 Å². The van der Waals surface area contributed by atoms with Crippen molar-refractivity contribution in [1.82, 2.24) is 4.57 Å². The van der Waals surface area contributed by atoms with Gasteiger partial charge in [-0.2, -0.15) is 5.26 Å². The van der Waals surface area contributed by atoms with Crippen LogP contribution in [0.1, 0.15) is 25.1 Å². The minimum atomic E-state index is -0.388. The maximum atomic E-state index is 14.6. The molecule has 0 aliphatic carbocycles. The normalized spacial score (nSPS) is 11.1. The third-order valence-electron chi connectivity index (χ3n) is 4.39. The number of nitrogens with two attached hydrogens (primary N) is 1. The first kappa shape index (κ1) is 17.8. The molecule has 3 rings (SSSR count). The van der Waals surface area contributed by atoms with Gasteiger partial charge < -0.3 is 10.3 Å². The van der Waals surface area contributed by atoms with Crippen molar-refractivity contribution in [3.05, 3.63) is 69.9 Å². The van der Waals surface area contributed by atoms with Crippen LogP contribution >= 0.6 is 0 Å². The van der Waals surface area contributed by atoms with Crippen LogP contribution in [0.15, 0.2) is 47.3 Å². The molecule has 26 heavy (non-hydrogen) atoms. The summed E-state index contributed by atoms with van der Waals surface area (Å²) in [5, 5.41) is 10.3. The van der Waals surface area contributed by atoms with E-state index in [0.29, 0.717) is 39.7 Å². The maximum absolute atomic E-state index is 14.6. The van der Waals surface area contributed by atoms with E-state index in [-0.39, 0.29) is 23.8 Å². The largest absolute Gasteiger partial charge is 0.325 e. The highest BCUT2D eigenvalue weighted by Crippen LogP contribution is 2.33. The van der Waals surface area contributed by atoms with Gasteiger partial charge in [-0.1, -0.05) is 32.0 Å². The molecular formula is C21H20FN3O. The van der Waals surface area contributed by atoms with Crippen molar-refractivity contribution in [3.63, 3.8) is 0 Å². The number of halogens is 1. The molecule has 0 atom stereocenters. The molecule has 132 valence electrons. The van der Waals surface area contributed by atoms with E-state index >= 15 is 0 Å². The van der Waals surface area contributed by atoms with Crippen molar-refractivity contribution in [2.45, 2.75) is 26.9 Å². The third kappa shape index (κ3) is 3.00. The lowest BCUT2D eigenvalue weighted by molar-refractivity contribution is 0.499. The highest BCUT2D eigenvalue weighted by atomic mass is 19.1. The van der Waals surface area contributed by atoms with Crippen molar-refractivity contribution in [2.24, 2.45) is 11.7 Å². The Morgan fingerprint density at radius 3 is 2.54 bits per heavy atom. The lowest BCUT2D eigenvalue weighted by Gasteiger charge is -2.21. The summed E-state index contributed by atoms with van der Waals surface area (Å²) in [5.74, 6) is -0.164. The summed E-state index contributed by atoms with van der Waals surface area (Å²) in [6, 6.07) is 13.4. The number of aromatic nitrogens is 1. The van der Waals surface area contributed by atoms with Gasteiger partial charge in [0.25, 0.3) is 5.56 Å². The lowest BCUT2D eigenvalue weighted by Crippen LogP contribution is -2.28. The highest BCUT2D eigenvalue weighted by molar-refractivity contribution is 5.98. The summed E-state index contributed by atoms with van der Waals surface area (Å²) >= 11 is 0. The molecule has 5 heteroatoms. The number of rotatable bonds is 4. The molecule has 0 aliphatic heterocycles. The summed E-state index contributed by atoms with van der Waals surface area (Å²) in [5.41, 5.74) is 7.79. The van der Waals surface area contributed by atoms with Crippen LogP contribution in [0.4, 0.5) is 4.39 Å². The predicted octanol–water partition coefficient (Wildman–Crippen LogP) is 3.79. The summed E-state index contributed by atoms with van der Waals surface area (Å²) in [7, 11) is 0. The van der Waals surface area contributed by atoms with E-state index < -0.39 is 0 Å². The number of nitriles is 1. The highest BCUT2D eigenvalue weighted by Gasteiger charge is 2.20. The van der Waals surface area contributed by atoms with Gasteiger partial charge in [0.05, 0.1) is 11.6 Å². The molecule has 0 spiro atoms. The molecule has 0 amide bonds. The molecule has 1 aromatic heterocycles. The van der Waals surface area contributed by atoms with Gasteiger partial charge in [0.2, 0.25) is 0 Å². The SMILES string of the molecule is CC(C)Cn1c(CN)c(-c2ccccc2F)c2cc(C#N)ccc2c1=O. The van der Waals surface area contributed by atoms with Crippen molar-refractivity contribution in [3.8, 4) is 17.2 Å². The zero-order valence-corrected chi connectivity index (χ0v) is 14.8. The second-order valence-corrected chi connectivity index (χ2v) is 6.69. The Morgan fingerprint density at radius 2 is 1.92 bits per heavy atom. The van der Waals surface area contributed by atoms with E-state index in [2.05, 4.69) is 6.07 Å². The number of benzene rings is 2. The van der Waals surface area contributed by atoms with Crippen LogP contribution in [-0.4, -0.2) is 4.57 Å². The molecule has 0 bridgehead atoms. The molecule has 0 saturated heterocycles. The van der Waals surface area contributed by atoms with Gasteiger partial charge in [0.15, 0.2) is 0 Å². The van der Waals surface area contributed by atoms with E-state index in [9.17, 15) is 14.4 Å². The first-order valence-corrected chi connectivity index (χ1v) is 8.52. The number of hydrogen-bond donors (Lipinski definition) is 1. The van der Waals surface area contributed by atoms with Crippen LogP contribution in [0.2, 0.25) is 0 Å². The fraction of sp³-hybridized carbons (Fsp3) is 0.238. The minimum absolute atomic E-state index is 0.0956. The van der Waals surface area contributed by atoms with E-state index in [1.54, 1.807) is 41.0 Å². The minimum Gasteiger partial charge on any atom is -0.325 e. The van der Waals surface area contributed by atoms with Crippen molar-refractivity contribution < 1.29 is 4.39 Å². The van der Waals surface area contributed by atoms with Crippen molar-refractivity contribution >= 4 is 10.8 Å². The van der Waals surface area contributed by atoms with Crippen LogP contribution in [0.25, 0.3) is 21.9 Å². The van der Waals surface area contributed by atoms with Gasteiger partial charge in [-0.3, -0.25) is 4.79 Å². The molecule has 0 radical (unpaired) electrons. The van der Waals surface area contributed by atoms with E-state index in [1.807, 2.05) is 13.8 Å². The van der Waals surface area contributed by atoms with E-state index in [0.717, 1.165) is 0 Å². The predicted molar refractivity (Wildman–Crippen MR) is 101 cm³/mol. The molecule has 0 saturated carbocycles. The zero-order chi connectivity index (χ0) is 18.8. The summed E-state index contributed by atoms with van der Waals surface area (Å²) in [6.45, 7) is 4.61. The van der Waals surface area contributed by atoms with E-state index in [1.165, 1.54) is 6.07 Å². The Hall–Kier alpha value is -2.97. The van der Waals surface area contributed by atoms with Crippen LogP contribution in [0.3, 0.4) is 0 Å². The van der Waals surface area contributed by atoms with E-state index in [4.69, 9.17) is 5.73 Å². The number of hydrogen-bond acceptors (Lipinski definition) is 3. The molecule has 2 aromatic carbocycles. The van der Waals surface area contributed by atoms with Crippen molar-refractivity contribution in [2.75, 3.05) is 0 Å². The Labute approximate surface area is 151 Å². The molecule has 0 fully saturated rings.